The molecule has 1 amide bonds. The van der Waals surface area contributed by atoms with E-state index in [4.69, 9.17) is 5.26 Å². The minimum absolute atomic E-state index is 0.0487. The number of hydrogen-bond donors (Lipinski definition) is 2. The molecule has 0 saturated heterocycles. The monoisotopic (exact) mass is 181 g/mol. The van der Waals surface area contributed by atoms with Gasteiger partial charge in [-0.3, -0.25) is 4.79 Å². The molecule has 0 heterocycles. The van der Waals surface area contributed by atoms with Crippen LogP contribution in [0.15, 0.2) is 0 Å². The van der Waals surface area contributed by atoms with Gasteiger partial charge in [0.1, 0.15) is 0 Å². The van der Waals surface area contributed by atoms with Crippen molar-refractivity contribution in [2.75, 3.05) is 5.75 Å². The summed E-state index contributed by atoms with van der Waals surface area (Å²) >= 11 is 0.932. The SMILES string of the molecule is CCC(CSOOO)NC=O. The van der Waals surface area contributed by atoms with Gasteiger partial charge >= 0.3 is 0 Å². The molecule has 0 aliphatic rings. The van der Waals surface area contributed by atoms with E-state index in [1.807, 2.05) is 6.92 Å². The molecule has 0 rings (SSSR count). The Bertz CT molecular complexity index is 102. The molecule has 11 heavy (non-hydrogen) atoms. The van der Waals surface area contributed by atoms with Crippen LogP contribution in [-0.4, -0.2) is 23.5 Å². The first-order valence-electron chi connectivity index (χ1n) is 3.14. The van der Waals surface area contributed by atoms with Gasteiger partial charge in [-0.1, -0.05) is 12.0 Å². The fourth-order valence-corrected chi connectivity index (χ4v) is 1.11. The second kappa shape index (κ2) is 7.80. The Morgan fingerprint density at radius 3 is 3.00 bits per heavy atom. The summed E-state index contributed by atoms with van der Waals surface area (Å²) in [4.78, 5) is 9.97. The van der Waals surface area contributed by atoms with Crippen LogP contribution in [0.3, 0.4) is 0 Å². The van der Waals surface area contributed by atoms with Crippen LogP contribution < -0.4 is 5.32 Å². The van der Waals surface area contributed by atoms with Crippen molar-refractivity contribution in [1.82, 2.24) is 5.32 Å². The molecular formula is C5H11NO4S. The lowest BCUT2D eigenvalue weighted by Gasteiger charge is -2.10. The zero-order valence-electron chi connectivity index (χ0n) is 6.15. The largest absolute Gasteiger partial charge is 0.355 e. The first-order chi connectivity index (χ1) is 5.35. The van der Waals surface area contributed by atoms with Gasteiger partial charge in [0.25, 0.3) is 0 Å². The third kappa shape index (κ3) is 6.11. The number of carbonyl (C=O) groups is 1. The predicted octanol–water partition coefficient (Wildman–Crippen LogP) is 0.580. The lowest BCUT2D eigenvalue weighted by atomic mass is 10.3. The second-order valence-electron chi connectivity index (χ2n) is 1.82. The molecular weight excluding hydrogens is 170 g/mol. The normalized spacial score (nSPS) is 12.5. The first-order valence-corrected chi connectivity index (χ1v) is 4.05. The van der Waals surface area contributed by atoms with Crippen LogP contribution in [0.5, 0.6) is 0 Å². The van der Waals surface area contributed by atoms with E-state index in [2.05, 4.69) is 14.7 Å². The highest BCUT2D eigenvalue weighted by Gasteiger charge is 2.04. The topological polar surface area (TPSA) is 67.8 Å². The average molecular weight is 181 g/mol. The van der Waals surface area contributed by atoms with E-state index in [-0.39, 0.29) is 6.04 Å². The fourth-order valence-electron chi connectivity index (χ4n) is 0.511. The standard InChI is InChI=1S/C5H11NO4S/c1-2-5(6-4-7)3-11-10-9-8/h4-5,8H,2-3H2,1H3,(H,6,7). The second-order valence-corrected chi connectivity index (χ2v) is 2.52. The van der Waals surface area contributed by atoms with Crippen LogP contribution in [0, 0.1) is 0 Å². The molecule has 66 valence electrons. The smallest absolute Gasteiger partial charge is 0.207 e. The maximum atomic E-state index is 9.97. The molecule has 5 nitrogen and oxygen atoms in total. The van der Waals surface area contributed by atoms with E-state index in [0.717, 1.165) is 18.5 Å². The summed E-state index contributed by atoms with van der Waals surface area (Å²) in [6, 6.07) is 0.0487. The summed E-state index contributed by atoms with van der Waals surface area (Å²) in [5.41, 5.74) is 0. The molecule has 0 fully saturated rings. The van der Waals surface area contributed by atoms with E-state index in [1.54, 1.807) is 0 Å². The summed E-state index contributed by atoms with van der Waals surface area (Å²) in [6.07, 6.45) is 1.44. The Balaban J connectivity index is 3.27. The van der Waals surface area contributed by atoms with Gasteiger partial charge in [0, 0.05) is 23.8 Å². The lowest BCUT2D eigenvalue weighted by molar-refractivity contribution is -0.432. The van der Waals surface area contributed by atoms with E-state index in [1.165, 1.54) is 0 Å². The van der Waals surface area contributed by atoms with Gasteiger partial charge in [-0.25, -0.2) is 5.26 Å². The fraction of sp³-hybridized carbons (Fsp3) is 0.800. The van der Waals surface area contributed by atoms with E-state index in [9.17, 15) is 4.79 Å². The van der Waals surface area contributed by atoms with Gasteiger partial charge in [-0.05, 0) is 6.42 Å². The zero-order valence-corrected chi connectivity index (χ0v) is 6.97. The predicted molar refractivity (Wildman–Crippen MR) is 40.5 cm³/mol. The van der Waals surface area contributed by atoms with Crippen LogP contribution in [0.1, 0.15) is 13.3 Å². The van der Waals surface area contributed by atoms with Crippen LogP contribution in [-0.2, 0) is 14.2 Å². The van der Waals surface area contributed by atoms with E-state index < -0.39 is 0 Å². The van der Waals surface area contributed by atoms with Crippen LogP contribution in [0.4, 0.5) is 0 Å². The summed E-state index contributed by atoms with van der Waals surface area (Å²) in [5.74, 6) is 0.538. The number of carbonyl (C=O) groups excluding carboxylic acids is 1. The third-order valence-electron chi connectivity index (χ3n) is 1.14. The summed E-state index contributed by atoms with van der Waals surface area (Å²) in [7, 11) is 0. The summed E-state index contributed by atoms with van der Waals surface area (Å²) in [6.45, 7) is 1.93. The molecule has 0 aromatic carbocycles. The highest BCUT2D eigenvalue weighted by atomic mass is 32.2. The summed E-state index contributed by atoms with van der Waals surface area (Å²) in [5, 5.41) is 13.7. The van der Waals surface area contributed by atoms with Crippen molar-refractivity contribution in [2.24, 2.45) is 0 Å². The molecule has 0 spiro atoms. The molecule has 0 aromatic rings. The Morgan fingerprint density at radius 2 is 2.55 bits per heavy atom. The molecule has 1 unspecified atom stereocenters. The number of amides is 1. The van der Waals surface area contributed by atoms with Crippen molar-refractivity contribution < 1.29 is 19.4 Å². The summed E-state index contributed by atoms with van der Waals surface area (Å²) < 4.78 is 4.13. The molecule has 2 N–H and O–H groups in total. The number of hydrogen-bond acceptors (Lipinski definition) is 5. The van der Waals surface area contributed by atoms with Gasteiger partial charge in [0.2, 0.25) is 6.41 Å². The first kappa shape index (κ1) is 10.7. The molecule has 0 aromatic heterocycles. The molecule has 0 aliphatic heterocycles. The van der Waals surface area contributed by atoms with Gasteiger partial charge in [0.15, 0.2) is 0 Å². The Hall–Kier alpha value is -0.300. The van der Waals surface area contributed by atoms with Crippen molar-refractivity contribution in [3.05, 3.63) is 0 Å². The highest BCUT2D eigenvalue weighted by Crippen LogP contribution is 2.05. The number of nitrogens with one attached hydrogen (secondary N) is 1. The minimum Gasteiger partial charge on any atom is -0.355 e. The maximum absolute atomic E-state index is 9.97. The Kier molecular flexibility index (Phi) is 7.59. The average Bonchev–Trinajstić information content (AvgIpc) is 2.03. The van der Waals surface area contributed by atoms with Gasteiger partial charge in [-0.15, -0.1) is 4.33 Å². The van der Waals surface area contributed by atoms with Crippen molar-refractivity contribution >= 4 is 18.5 Å². The zero-order chi connectivity index (χ0) is 8.53. The molecule has 0 aliphatic carbocycles. The van der Waals surface area contributed by atoms with Crippen molar-refractivity contribution in [2.45, 2.75) is 19.4 Å². The van der Waals surface area contributed by atoms with Crippen molar-refractivity contribution in [3.63, 3.8) is 0 Å². The van der Waals surface area contributed by atoms with Gasteiger partial charge in [-0.2, -0.15) is 0 Å². The number of rotatable bonds is 7. The van der Waals surface area contributed by atoms with Crippen LogP contribution >= 0.6 is 12.0 Å². The maximum Gasteiger partial charge on any atom is 0.207 e. The molecule has 6 heteroatoms. The van der Waals surface area contributed by atoms with E-state index in [0.29, 0.717) is 12.2 Å². The molecule has 0 radical (unpaired) electrons. The van der Waals surface area contributed by atoms with Crippen LogP contribution in [0.2, 0.25) is 0 Å². The van der Waals surface area contributed by atoms with E-state index >= 15 is 0 Å². The van der Waals surface area contributed by atoms with Gasteiger partial charge < -0.3 is 5.32 Å². The highest BCUT2D eigenvalue weighted by molar-refractivity contribution is 7.94. The van der Waals surface area contributed by atoms with Gasteiger partial charge in [0.05, 0.1) is 0 Å². The van der Waals surface area contributed by atoms with Crippen LogP contribution in [0.25, 0.3) is 0 Å². The van der Waals surface area contributed by atoms with Crippen molar-refractivity contribution in [1.29, 1.82) is 0 Å². The lowest BCUT2D eigenvalue weighted by Crippen LogP contribution is -2.29. The third-order valence-corrected chi connectivity index (χ3v) is 1.84. The molecule has 1 atom stereocenters. The Labute approximate surface area is 69.1 Å². The van der Waals surface area contributed by atoms with Crippen molar-refractivity contribution in [3.8, 4) is 0 Å². The molecule has 0 bridgehead atoms. The Morgan fingerprint density at radius 1 is 1.82 bits per heavy atom. The molecule has 0 saturated carbocycles. The minimum atomic E-state index is 0.0487. The quantitative estimate of drug-likeness (QED) is 0.198.